The molecule has 1 saturated carbocycles. The summed E-state index contributed by atoms with van der Waals surface area (Å²) < 4.78 is 0. The van der Waals surface area contributed by atoms with Crippen molar-refractivity contribution in [3.63, 3.8) is 0 Å². The predicted molar refractivity (Wildman–Crippen MR) is 83.9 cm³/mol. The van der Waals surface area contributed by atoms with E-state index in [9.17, 15) is 0 Å². The van der Waals surface area contributed by atoms with Gasteiger partial charge < -0.3 is 5.73 Å². The molecule has 2 unspecified atom stereocenters. The van der Waals surface area contributed by atoms with Gasteiger partial charge in [0, 0.05) is 17.3 Å². The molecule has 0 bridgehead atoms. The molecule has 0 saturated heterocycles. The van der Waals surface area contributed by atoms with Crippen LogP contribution in [0.4, 0.5) is 0 Å². The summed E-state index contributed by atoms with van der Waals surface area (Å²) in [7, 11) is 0. The first-order valence-electron chi connectivity index (χ1n) is 8.31. The van der Waals surface area contributed by atoms with Gasteiger partial charge in [-0.2, -0.15) is 0 Å². The highest BCUT2D eigenvalue weighted by Crippen LogP contribution is 2.38. The average Bonchev–Trinajstić information content (AvgIpc) is 2.96. The summed E-state index contributed by atoms with van der Waals surface area (Å²) in [5.41, 5.74) is 9.53. The van der Waals surface area contributed by atoms with E-state index in [0.717, 1.165) is 31.0 Å². The summed E-state index contributed by atoms with van der Waals surface area (Å²) in [6.07, 6.45) is 8.07. The molecule has 0 spiro atoms. The van der Waals surface area contributed by atoms with E-state index in [0.29, 0.717) is 12.5 Å². The third kappa shape index (κ3) is 3.20. The van der Waals surface area contributed by atoms with Crippen molar-refractivity contribution >= 4 is 0 Å². The van der Waals surface area contributed by atoms with Gasteiger partial charge in [0.25, 0.3) is 0 Å². The van der Waals surface area contributed by atoms with Crippen molar-refractivity contribution in [2.45, 2.75) is 71.6 Å². The second kappa shape index (κ2) is 7.16. The minimum Gasteiger partial charge on any atom is -0.330 e. The minimum atomic E-state index is 0.586. The van der Waals surface area contributed by atoms with Crippen LogP contribution in [0, 0.1) is 5.92 Å². The van der Waals surface area contributed by atoms with Gasteiger partial charge in [0.15, 0.2) is 0 Å². The van der Waals surface area contributed by atoms with Gasteiger partial charge in [0.05, 0.1) is 0 Å². The lowest BCUT2D eigenvalue weighted by molar-refractivity contribution is 0.515. The van der Waals surface area contributed by atoms with Gasteiger partial charge in [-0.1, -0.05) is 27.2 Å². The molecule has 1 aliphatic carbocycles. The number of aryl methyl sites for hydroxylation is 2. The van der Waals surface area contributed by atoms with E-state index < -0.39 is 0 Å². The van der Waals surface area contributed by atoms with Crippen molar-refractivity contribution in [1.82, 2.24) is 9.97 Å². The first-order valence-corrected chi connectivity index (χ1v) is 8.31. The smallest absolute Gasteiger partial charge is 0.131 e. The van der Waals surface area contributed by atoms with E-state index in [1.54, 1.807) is 0 Å². The minimum absolute atomic E-state index is 0.586. The van der Waals surface area contributed by atoms with Crippen LogP contribution in [0.3, 0.4) is 0 Å². The molecule has 1 fully saturated rings. The summed E-state index contributed by atoms with van der Waals surface area (Å²) in [6.45, 7) is 7.36. The Labute approximate surface area is 123 Å². The van der Waals surface area contributed by atoms with E-state index in [1.807, 2.05) is 0 Å². The maximum Gasteiger partial charge on any atom is 0.131 e. The van der Waals surface area contributed by atoms with E-state index >= 15 is 0 Å². The molecule has 112 valence electrons. The quantitative estimate of drug-likeness (QED) is 0.865. The molecule has 1 aliphatic rings. The fourth-order valence-corrected chi connectivity index (χ4v) is 3.48. The van der Waals surface area contributed by atoms with Crippen LogP contribution in [0.15, 0.2) is 0 Å². The maximum absolute atomic E-state index is 5.75. The topological polar surface area (TPSA) is 51.8 Å². The molecule has 2 atom stereocenters. The van der Waals surface area contributed by atoms with Crippen LogP contribution >= 0.6 is 0 Å². The summed E-state index contributed by atoms with van der Waals surface area (Å²) in [5, 5.41) is 0. The number of hydrogen-bond acceptors (Lipinski definition) is 3. The molecule has 2 rings (SSSR count). The second-order valence-electron chi connectivity index (χ2n) is 5.98. The zero-order valence-corrected chi connectivity index (χ0v) is 13.3. The molecule has 0 aliphatic heterocycles. The molecule has 3 nitrogen and oxygen atoms in total. The molecule has 1 aromatic rings. The van der Waals surface area contributed by atoms with Gasteiger partial charge in [-0.05, 0) is 56.6 Å². The van der Waals surface area contributed by atoms with Crippen LogP contribution in [0.1, 0.15) is 75.1 Å². The zero-order chi connectivity index (χ0) is 14.5. The molecule has 20 heavy (non-hydrogen) atoms. The molecule has 0 amide bonds. The summed E-state index contributed by atoms with van der Waals surface area (Å²) >= 11 is 0. The Bertz CT molecular complexity index is 417. The number of nitrogens with two attached hydrogens (primary N) is 1. The van der Waals surface area contributed by atoms with Gasteiger partial charge in [0.2, 0.25) is 0 Å². The predicted octanol–water partition coefficient (Wildman–Crippen LogP) is 3.40. The summed E-state index contributed by atoms with van der Waals surface area (Å²) in [4.78, 5) is 9.80. The van der Waals surface area contributed by atoms with Crippen molar-refractivity contribution in [2.75, 3.05) is 6.54 Å². The van der Waals surface area contributed by atoms with Crippen molar-refractivity contribution < 1.29 is 0 Å². The average molecular weight is 275 g/mol. The molecule has 2 N–H and O–H groups in total. The molecular weight excluding hydrogens is 246 g/mol. The van der Waals surface area contributed by atoms with Crippen molar-refractivity contribution in [3.05, 3.63) is 22.8 Å². The Morgan fingerprint density at radius 2 is 1.70 bits per heavy atom. The number of rotatable bonds is 6. The molecular formula is C17H29N3. The van der Waals surface area contributed by atoms with Crippen LogP contribution in [0.2, 0.25) is 0 Å². The molecule has 0 radical (unpaired) electrons. The van der Waals surface area contributed by atoms with Crippen molar-refractivity contribution in [1.29, 1.82) is 0 Å². The molecule has 3 heteroatoms. The lowest BCUT2D eigenvalue weighted by Gasteiger charge is -2.16. The van der Waals surface area contributed by atoms with Gasteiger partial charge in [0.1, 0.15) is 5.82 Å². The Kier molecular flexibility index (Phi) is 5.53. The Morgan fingerprint density at radius 1 is 1.05 bits per heavy atom. The normalized spacial score (nSPS) is 22.4. The van der Waals surface area contributed by atoms with Crippen LogP contribution in [0.5, 0.6) is 0 Å². The largest absolute Gasteiger partial charge is 0.330 e. The van der Waals surface area contributed by atoms with Crippen LogP contribution < -0.4 is 5.73 Å². The number of hydrogen-bond donors (Lipinski definition) is 1. The monoisotopic (exact) mass is 275 g/mol. The first-order chi connectivity index (χ1) is 9.73. The lowest BCUT2D eigenvalue weighted by Crippen LogP contribution is -2.14. The van der Waals surface area contributed by atoms with E-state index in [4.69, 9.17) is 15.7 Å². The first kappa shape index (κ1) is 15.4. The van der Waals surface area contributed by atoms with E-state index in [1.165, 1.54) is 42.6 Å². The highest BCUT2D eigenvalue weighted by molar-refractivity contribution is 5.28. The van der Waals surface area contributed by atoms with Gasteiger partial charge in [-0.15, -0.1) is 0 Å². The van der Waals surface area contributed by atoms with Crippen molar-refractivity contribution in [3.8, 4) is 0 Å². The third-order valence-electron chi connectivity index (χ3n) is 4.74. The van der Waals surface area contributed by atoms with Crippen LogP contribution in [0.25, 0.3) is 0 Å². The number of nitrogens with zero attached hydrogens (tertiary/aromatic N) is 2. The SMILES string of the molecule is CCc1nc(C2CCC(CC)C2)nc(CC)c1CCN. The van der Waals surface area contributed by atoms with Gasteiger partial charge in [-0.3, -0.25) is 0 Å². The van der Waals surface area contributed by atoms with Gasteiger partial charge in [-0.25, -0.2) is 9.97 Å². The Hall–Kier alpha value is -0.960. The summed E-state index contributed by atoms with van der Waals surface area (Å²) in [5.74, 6) is 2.57. The highest BCUT2D eigenvalue weighted by atomic mass is 14.9. The van der Waals surface area contributed by atoms with Gasteiger partial charge >= 0.3 is 0 Å². The Balaban J connectivity index is 2.30. The Morgan fingerprint density at radius 3 is 2.15 bits per heavy atom. The van der Waals surface area contributed by atoms with Crippen LogP contribution in [-0.4, -0.2) is 16.5 Å². The standard InChI is InChI=1S/C17H29N3/c1-4-12-7-8-13(11-12)17-19-15(5-2)14(9-10-18)16(6-3)20-17/h12-13H,4-11,18H2,1-3H3. The lowest BCUT2D eigenvalue weighted by atomic mass is 10.00. The second-order valence-corrected chi connectivity index (χ2v) is 5.98. The maximum atomic E-state index is 5.75. The van der Waals surface area contributed by atoms with E-state index in [-0.39, 0.29) is 0 Å². The fraction of sp³-hybridized carbons (Fsp3) is 0.765. The number of aromatic nitrogens is 2. The molecule has 0 aromatic carbocycles. The van der Waals surface area contributed by atoms with Crippen molar-refractivity contribution in [2.24, 2.45) is 11.7 Å². The van der Waals surface area contributed by atoms with E-state index in [2.05, 4.69) is 20.8 Å². The molecule has 1 aromatic heterocycles. The highest BCUT2D eigenvalue weighted by Gasteiger charge is 2.27. The fourth-order valence-electron chi connectivity index (χ4n) is 3.48. The third-order valence-corrected chi connectivity index (χ3v) is 4.74. The molecule has 1 heterocycles. The van der Waals surface area contributed by atoms with Crippen LogP contribution in [-0.2, 0) is 19.3 Å². The summed E-state index contributed by atoms with van der Waals surface area (Å²) in [6, 6.07) is 0. The zero-order valence-electron chi connectivity index (χ0n) is 13.3.